The number of nitrogens with two attached hydrogens (primary N) is 1. The Kier molecular flexibility index (Phi) is 5.49. The van der Waals surface area contributed by atoms with E-state index in [0.29, 0.717) is 12.6 Å². The Balaban J connectivity index is 2.56. The van der Waals surface area contributed by atoms with Gasteiger partial charge in [-0.05, 0) is 19.9 Å². The first-order valence-corrected chi connectivity index (χ1v) is 6.16. The summed E-state index contributed by atoms with van der Waals surface area (Å²) in [5, 5.41) is 0. The van der Waals surface area contributed by atoms with Gasteiger partial charge in [0.15, 0.2) is 0 Å². The zero-order chi connectivity index (χ0) is 12.0. The molecular formula is C12H24N4. The average molecular weight is 224 g/mol. The van der Waals surface area contributed by atoms with Crippen LogP contribution in [0.4, 0.5) is 0 Å². The number of nitrogens with zero attached hydrogens (tertiary/aromatic N) is 3. The van der Waals surface area contributed by atoms with Crippen molar-refractivity contribution in [2.24, 2.45) is 5.73 Å². The minimum Gasteiger partial charge on any atom is -0.336 e. The smallest absolute Gasteiger partial charge is 0.0950 e. The molecule has 0 aliphatic rings. The number of rotatable bonds is 7. The lowest BCUT2D eigenvalue weighted by Crippen LogP contribution is -2.31. The van der Waals surface area contributed by atoms with Crippen molar-refractivity contribution < 1.29 is 0 Å². The highest BCUT2D eigenvalue weighted by atomic mass is 15.2. The van der Waals surface area contributed by atoms with Crippen LogP contribution in [0, 0.1) is 0 Å². The van der Waals surface area contributed by atoms with Crippen LogP contribution in [-0.2, 0) is 13.1 Å². The molecule has 1 aromatic rings. The third-order valence-electron chi connectivity index (χ3n) is 3.06. The first-order chi connectivity index (χ1) is 7.71. The van der Waals surface area contributed by atoms with Crippen molar-refractivity contribution in [3.63, 3.8) is 0 Å². The van der Waals surface area contributed by atoms with E-state index in [4.69, 9.17) is 5.73 Å². The molecule has 1 aromatic heterocycles. The van der Waals surface area contributed by atoms with Gasteiger partial charge < -0.3 is 10.3 Å². The Hall–Kier alpha value is -0.870. The lowest BCUT2D eigenvalue weighted by Gasteiger charge is -2.25. The monoisotopic (exact) mass is 224 g/mol. The summed E-state index contributed by atoms with van der Waals surface area (Å²) in [5.74, 6) is 0. The van der Waals surface area contributed by atoms with E-state index in [1.165, 1.54) is 6.42 Å². The first-order valence-electron chi connectivity index (χ1n) is 6.16. The standard InChI is InChI=1S/C12H24N4/c1-4-11(3)16(5-2)9-12-8-15(7-6-13)10-14-12/h8,10-11H,4-7,9,13H2,1-3H3. The SMILES string of the molecule is CCC(C)N(CC)Cc1cn(CCN)cn1. The fraction of sp³-hybridized carbons (Fsp3) is 0.750. The van der Waals surface area contributed by atoms with Crippen LogP contribution < -0.4 is 5.73 Å². The molecule has 0 spiro atoms. The van der Waals surface area contributed by atoms with Crippen molar-refractivity contribution in [3.8, 4) is 0 Å². The Labute approximate surface area is 98.5 Å². The van der Waals surface area contributed by atoms with Crippen LogP contribution in [0.2, 0.25) is 0 Å². The van der Waals surface area contributed by atoms with Crippen molar-refractivity contribution >= 4 is 0 Å². The van der Waals surface area contributed by atoms with Crippen molar-refractivity contribution in [2.75, 3.05) is 13.1 Å². The summed E-state index contributed by atoms with van der Waals surface area (Å²) >= 11 is 0. The van der Waals surface area contributed by atoms with Crippen molar-refractivity contribution in [3.05, 3.63) is 18.2 Å². The second-order valence-electron chi connectivity index (χ2n) is 4.21. The van der Waals surface area contributed by atoms with Crippen LogP contribution in [0.15, 0.2) is 12.5 Å². The van der Waals surface area contributed by atoms with E-state index in [1.54, 1.807) is 0 Å². The summed E-state index contributed by atoms with van der Waals surface area (Å²) in [6.45, 7) is 10.2. The fourth-order valence-electron chi connectivity index (χ4n) is 1.80. The summed E-state index contributed by atoms with van der Waals surface area (Å²) < 4.78 is 2.06. The second-order valence-corrected chi connectivity index (χ2v) is 4.21. The van der Waals surface area contributed by atoms with E-state index >= 15 is 0 Å². The molecule has 4 nitrogen and oxygen atoms in total. The molecule has 0 saturated carbocycles. The molecular weight excluding hydrogens is 200 g/mol. The van der Waals surface area contributed by atoms with Gasteiger partial charge in [0.05, 0.1) is 12.0 Å². The minimum absolute atomic E-state index is 0.615. The van der Waals surface area contributed by atoms with Crippen LogP contribution in [0.3, 0.4) is 0 Å². The van der Waals surface area contributed by atoms with Crippen LogP contribution in [0.1, 0.15) is 32.9 Å². The van der Waals surface area contributed by atoms with Gasteiger partial charge in [-0.3, -0.25) is 4.90 Å². The predicted octanol–water partition coefficient (Wildman–Crippen LogP) is 1.46. The maximum atomic E-state index is 5.51. The molecule has 1 unspecified atom stereocenters. The van der Waals surface area contributed by atoms with Gasteiger partial charge in [-0.25, -0.2) is 4.98 Å². The molecule has 0 aliphatic heterocycles. The quantitative estimate of drug-likeness (QED) is 0.763. The third kappa shape index (κ3) is 3.61. The average Bonchev–Trinajstić information content (AvgIpc) is 2.73. The van der Waals surface area contributed by atoms with E-state index in [9.17, 15) is 0 Å². The molecule has 1 atom stereocenters. The van der Waals surface area contributed by atoms with E-state index in [-0.39, 0.29) is 0 Å². The lowest BCUT2D eigenvalue weighted by molar-refractivity contribution is 0.204. The molecule has 0 saturated heterocycles. The summed E-state index contributed by atoms with van der Waals surface area (Å²) in [6.07, 6.45) is 5.14. The molecule has 4 heteroatoms. The fourth-order valence-corrected chi connectivity index (χ4v) is 1.80. The van der Waals surface area contributed by atoms with E-state index in [1.807, 2.05) is 6.33 Å². The lowest BCUT2D eigenvalue weighted by atomic mass is 10.2. The first kappa shape index (κ1) is 13.2. The summed E-state index contributed by atoms with van der Waals surface area (Å²) in [4.78, 5) is 6.84. The van der Waals surface area contributed by atoms with Crippen LogP contribution in [0.25, 0.3) is 0 Å². The topological polar surface area (TPSA) is 47.1 Å². The van der Waals surface area contributed by atoms with Gasteiger partial charge in [-0.1, -0.05) is 13.8 Å². The summed E-state index contributed by atoms with van der Waals surface area (Å²) in [6, 6.07) is 0.615. The van der Waals surface area contributed by atoms with E-state index < -0.39 is 0 Å². The van der Waals surface area contributed by atoms with Gasteiger partial charge in [0.1, 0.15) is 0 Å². The molecule has 16 heavy (non-hydrogen) atoms. The molecule has 0 amide bonds. The third-order valence-corrected chi connectivity index (χ3v) is 3.06. The minimum atomic E-state index is 0.615. The van der Waals surface area contributed by atoms with Gasteiger partial charge in [0, 0.05) is 31.9 Å². The van der Waals surface area contributed by atoms with Gasteiger partial charge in [0.25, 0.3) is 0 Å². The van der Waals surface area contributed by atoms with Gasteiger partial charge in [0.2, 0.25) is 0 Å². The van der Waals surface area contributed by atoms with E-state index in [0.717, 1.165) is 25.3 Å². The summed E-state index contributed by atoms with van der Waals surface area (Å²) in [5.41, 5.74) is 6.64. The van der Waals surface area contributed by atoms with Crippen molar-refractivity contribution in [1.29, 1.82) is 0 Å². The second kappa shape index (κ2) is 6.66. The Morgan fingerprint density at radius 1 is 1.50 bits per heavy atom. The Bertz CT molecular complexity index is 295. The summed E-state index contributed by atoms with van der Waals surface area (Å²) in [7, 11) is 0. The van der Waals surface area contributed by atoms with Gasteiger partial charge in [-0.15, -0.1) is 0 Å². The maximum absolute atomic E-state index is 5.51. The molecule has 0 aromatic carbocycles. The zero-order valence-electron chi connectivity index (χ0n) is 10.7. The van der Waals surface area contributed by atoms with Crippen LogP contribution in [-0.4, -0.2) is 33.6 Å². The molecule has 0 aliphatic carbocycles. The number of aromatic nitrogens is 2. The molecule has 1 rings (SSSR count). The highest BCUT2D eigenvalue weighted by molar-refractivity contribution is 4.97. The molecule has 0 radical (unpaired) electrons. The number of hydrogen-bond donors (Lipinski definition) is 1. The van der Waals surface area contributed by atoms with Crippen LogP contribution >= 0.6 is 0 Å². The van der Waals surface area contributed by atoms with Crippen molar-refractivity contribution in [1.82, 2.24) is 14.5 Å². The van der Waals surface area contributed by atoms with Gasteiger partial charge >= 0.3 is 0 Å². The Morgan fingerprint density at radius 2 is 2.25 bits per heavy atom. The maximum Gasteiger partial charge on any atom is 0.0950 e. The number of imidazole rings is 1. The molecule has 0 fully saturated rings. The Morgan fingerprint density at radius 3 is 2.81 bits per heavy atom. The zero-order valence-corrected chi connectivity index (χ0v) is 10.7. The molecule has 0 bridgehead atoms. The number of hydrogen-bond acceptors (Lipinski definition) is 3. The van der Waals surface area contributed by atoms with Crippen molar-refractivity contribution in [2.45, 2.75) is 46.3 Å². The van der Waals surface area contributed by atoms with E-state index in [2.05, 4.69) is 41.4 Å². The normalized spacial score (nSPS) is 13.3. The molecule has 92 valence electrons. The molecule has 1 heterocycles. The van der Waals surface area contributed by atoms with Gasteiger partial charge in [-0.2, -0.15) is 0 Å². The highest BCUT2D eigenvalue weighted by Gasteiger charge is 2.11. The highest BCUT2D eigenvalue weighted by Crippen LogP contribution is 2.08. The largest absolute Gasteiger partial charge is 0.336 e. The van der Waals surface area contributed by atoms with Crippen LogP contribution in [0.5, 0.6) is 0 Å². The predicted molar refractivity (Wildman–Crippen MR) is 67.1 cm³/mol. The molecule has 2 N–H and O–H groups in total.